The Bertz CT molecular complexity index is 1060. The highest BCUT2D eigenvalue weighted by molar-refractivity contribution is 7.99. The zero-order chi connectivity index (χ0) is 22.5. The van der Waals surface area contributed by atoms with E-state index in [-0.39, 0.29) is 17.6 Å². The summed E-state index contributed by atoms with van der Waals surface area (Å²) in [6.07, 6.45) is 0.866. The molecule has 2 heterocycles. The van der Waals surface area contributed by atoms with Crippen LogP contribution in [0.1, 0.15) is 12.0 Å². The first-order valence-corrected chi connectivity index (χ1v) is 11.4. The molecule has 4 rings (SSSR count). The van der Waals surface area contributed by atoms with E-state index in [1.165, 1.54) is 5.56 Å². The summed E-state index contributed by atoms with van der Waals surface area (Å²) in [5.41, 5.74) is 2.51. The molecule has 6 nitrogen and oxygen atoms in total. The van der Waals surface area contributed by atoms with Crippen LogP contribution in [0.25, 0.3) is 11.0 Å². The van der Waals surface area contributed by atoms with Crippen molar-refractivity contribution < 1.29 is 18.3 Å². The van der Waals surface area contributed by atoms with Crippen LogP contribution in [0.4, 0.5) is 8.78 Å². The van der Waals surface area contributed by atoms with Crippen LogP contribution in [0.2, 0.25) is 0 Å². The predicted octanol–water partition coefficient (Wildman–Crippen LogP) is 4.09. The number of amides is 1. The number of halogens is 2. The first-order valence-electron chi connectivity index (χ1n) is 10.6. The molecule has 0 spiro atoms. The van der Waals surface area contributed by atoms with Crippen molar-refractivity contribution in [2.24, 2.45) is 0 Å². The van der Waals surface area contributed by atoms with Gasteiger partial charge < -0.3 is 14.2 Å². The maximum absolute atomic E-state index is 13.1. The van der Waals surface area contributed by atoms with E-state index < -0.39 is 5.76 Å². The lowest BCUT2D eigenvalue weighted by Crippen LogP contribution is -2.37. The van der Waals surface area contributed by atoms with Crippen molar-refractivity contribution in [1.82, 2.24) is 19.4 Å². The van der Waals surface area contributed by atoms with E-state index in [2.05, 4.69) is 22.0 Å². The molecule has 9 heteroatoms. The molecule has 1 saturated heterocycles. The standard InChI is InChI=1S/C23H26F2N4O2S/c1-31-18-9-7-17(8-10-18)15-27-11-4-12-28(14-13-27)21(30)16-29-20-6-3-2-5-19(20)26-23(29)32-22(24)25/h2-3,5-10,22H,4,11-16H2,1H3. The van der Waals surface area contributed by atoms with Gasteiger partial charge in [0.05, 0.1) is 18.1 Å². The number of carbonyl (C=O) groups is 1. The van der Waals surface area contributed by atoms with Crippen molar-refractivity contribution in [3.8, 4) is 5.75 Å². The number of hydrogen-bond acceptors (Lipinski definition) is 5. The Labute approximate surface area is 190 Å². The van der Waals surface area contributed by atoms with E-state index in [0.717, 1.165) is 31.8 Å². The maximum atomic E-state index is 13.1. The molecule has 0 atom stereocenters. The highest BCUT2D eigenvalue weighted by atomic mass is 32.2. The molecule has 3 aromatic rings. The van der Waals surface area contributed by atoms with Crippen LogP contribution in [0.5, 0.6) is 5.75 Å². The summed E-state index contributed by atoms with van der Waals surface area (Å²) in [5, 5.41) is 0.172. The molecule has 0 radical (unpaired) electrons. The van der Waals surface area contributed by atoms with E-state index in [4.69, 9.17) is 4.74 Å². The molecular weight excluding hydrogens is 434 g/mol. The number of rotatable bonds is 7. The minimum absolute atomic E-state index is 0.00798. The Balaban J connectivity index is 1.41. The van der Waals surface area contributed by atoms with Crippen LogP contribution in [-0.4, -0.2) is 64.3 Å². The number of thioether (sulfide) groups is 1. The average molecular weight is 461 g/mol. The number of nitrogens with zero attached hydrogens (tertiary/aromatic N) is 4. The van der Waals surface area contributed by atoms with Crippen molar-refractivity contribution in [2.45, 2.75) is 30.4 Å². The van der Waals surface area contributed by atoms with Crippen molar-refractivity contribution in [1.29, 1.82) is 0 Å². The Morgan fingerprint density at radius 3 is 2.62 bits per heavy atom. The lowest BCUT2D eigenvalue weighted by atomic mass is 10.2. The van der Waals surface area contributed by atoms with Crippen LogP contribution in [0.3, 0.4) is 0 Å². The van der Waals surface area contributed by atoms with Crippen LogP contribution >= 0.6 is 11.8 Å². The monoisotopic (exact) mass is 460 g/mol. The van der Waals surface area contributed by atoms with Crippen LogP contribution in [0, 0.1) is 0 Å². The predicted molar refractivity (Wildman–Crippen MR) is 121 cm³/mol. The van der Waals surface area contributed by atoms with Gasteiger partial charge in [-0.25, -0.2) is 4.98 Å². The van der Waals surface area contributed by atoms with Crippen LogP contribution in [-0.2, 0) is 17.9 Å². The minimum Gasteiger partial charge on any atom is -0.497 e. The molecule has 1 aliphatic heterocycles. The zero-order valence-electron chi connectivity index (χ0n) is 17.9. The first kappa shape index (κ1) is 22.5. The van der Waals surface area contributed by atoms with E-state index >= 15 is 0 Å². The van der Waals surface area contributed by atoms with E-state index in [1.807, 2.05) is 35.2 Å². The number of alkyl halides is 2. The summed E-state index contributed by atoms with van der Waals surface area (Å²) in [6.45, 7) is 3.75. The van der Waals surface area contributed by atoms with Gasteiger partial charge in [0, 0.05) is 32.7 Å². The second-order valence-corrected chi connectivity index (χ2v) is 8.66. The number of fused-ring (bicyclic) bond motifs is 1. The van der Waals surface area contributed by atoms with Gasteiger partial charge in [-0.3, -0.25) is 9.69 Å². The summed E-state index contributed by atoms with van der Waals surface area (Å²) in [5.74, 6) is -1.83. The number of benzene rings is 2. The quantitative estimate of drug-likeness (QED) is 0.497. The lowest BCUT2D eigenvalue weighted by molar-refractivity contribution is -0.131. The summed E-state index contributed by atoms with van der Waals surface area (Å²) >= 11 is 0.378. The van der Waals surface area contributed by atoms with Crippen LogP contribution < -0.4 is 4.74 Å². The third-order valence-corrected chi connectivity index (χ3v) is 6.31. The average Bonchev–Trinajstić information content (AvgIpc) is 2.95. The fourth-order valence-electron chi connectivity index (χ4n) is 3.98. The summed E-state index contributed by atoms with van der Waals surface area (Å²) in [4.78, 5) is 21.5. The first-order chi connectivity index (χ1) is 15.5. The Morgan fingerprint density at radius 2 is 1.88 bits per heavy atom. The van der Waals surface area contributed by atoms with Gasteiger partial charge in [0.2, 0.25) is 5.91 Å². The fraction of sp³-hybridized carbons (Fsp3) is 0.391. The number of carbonyl (C=O) groups excluding carboxylic acids is 1. The second-order valence-electron chi connectivity index (χ2n) is 7.71. The molecule has 0 aliphatic carbocycles. The molecular formula is C23H26F2N4O2S. The van der Waals surface area contributed by atoms with Gasteiger partial charge >= 0.3 is 0 Å². The Hall–Kier alpha value is -2.65. The lowest BCUT2D eigenvalue weighted by Gasteiger charge is -2.23. The van der Waals surface area contributed by atoms with E-state index in [9.17, 15) is 13.6 Å². The van der Waals surface area contributed by atoms with E-state index in [1.54, 1.807) is 17.7 Å². The van der Waals surface area contributed by atoms with Gasteiger partial charge in [0.15, 0.2) is 5.16 Å². The largest absolute Gasteiger partial charge is 0.497 e. The highest BCUT2D eigenvalue weighted by Crippen LogP contribution is 2.28. The van der Waals surface area contributed by atoms with Gasteiger partial charge in [-0.15, -0.1) is 0 Å². The molecule has 1 aliphatic rings. The molecule has 32 heavy (non-hydrogen) atoms. The molecule has 1 amide bonds. The molecule has 170 valence electrons. The molecule has 1 aromatic heterocycles. The molecule has 0 unspecified atom stereocenters. The third-order valence-electron chi connectivity index (χ3n) is 5.61. The molecule has 0 N–H and O–H groups in total. The second kappa shape index (κ2) is 10.3. The van der Waals surface area contributed by atoms with Gasteiger partial charge in [-0.1, -0.05) is 24.3 Å². The number of methoxy groups -OCH3 is 1. The number of para-hydroxylation sites is 2. The maximum Gasteiger partial charge on any atom is 0.291 e. The van der Waals surface area contributed by atoms with Gasteiger partial charge in [0.1, 0.15) is 12.3 Å². The number of aromatic nitrogens is 2. The molecule has 1 fully saturated rings. The van der Waals surface area contributed by atoms with Crippen molar-refractivity contribution in [3.63, 3.8) is 0 Å². The normalized spacial score (nSPS) is 15.3. The van der Waals surface area contributed by atoms with Crippen LogP contribution in [0.15, 0.2) is 53.7 Å². The summed E-state index contributed by atoms with van der Waals surface area (Å²) < 4.78 is 32.9. The number of ether oxygens (including phenoxy) is 1. The Kier molecular flexibility index (Phi) is 7.26. The van der Waals surface area contributed by atoms with E-state index in [0.29, 0.717) is 35.9 Å². The topological polar surface area (TPSA) is 50.6 Å². The number of hydrogen-bond donors (Lipinski definition) is 0. The third kappa shape index (κ3) is 5.39. The highest BCUT2D eigenvalue weighted by Gasteiger charge is 2.23. The van der Waals surface area contributed by atoms with Gasteiger partial charge in [0.25, 0.3) is 5.76 Å². The van der Waals surface area contributed by atoms with Gasteiger partial charge in [-0.2, -0.15) is 8.78 Å². The SMILES string of the molecule is COc1ccc(CN2CCCN(C(=O)Cn3c(SC(F)F)nc4ccccc43)CC2)cc1. The Morgan fingerprint density at radius 1 is 1.09 bits per heavy atom. The molecule has 0 bridgehead atoms. The zero-order valence-corrected chi connectivity index (χ0v) is 18.7. The fourth-order valence-corrected chi connectivity index (χ4v) is 4.58. The van der Waals surface area contributed by atoms with Crippen molar-refractivity contribution in [2.75, 3.05) is 33.3 Å². The summed E-state index contributed by atoms with van der Waals surface area (Å²) in [6, 6.07) is 15.2. The van der Waals surface area contributed by atoms with Gasteiger partial charge in [-0.05, 0) is 48.0 Å². The smallest absolute Gasteiger partial charge is 0.291 e. The molecule has 2 aromatic carbocycles. The number of imidazole rings is 1. The molecule has 0 saturated carbocycles. The minimum atomic E-state index is -2.59. The van der Waals surface area contributed by atoms with Crippen molar-refractivity contribution >= 4 is 28.7 Å². The van der Waals surface area contributed by atoms with Crippen molar-refractivity contribution in [3.05, 3.63) is 54.1 Å². The summed E-state index contributed by atoms with van der Waals surface area (Å²) in [7, 11) is 1.65.